The molecular formula is C20H33N3O. The predicted molar refractivity (Wildman–Crippen MR) is 98.6 cm³/mol. The van der Waals surface area contributed by atoms with E-state index in [9.17, 15) is 4.79 Å². The summed E-state index contributed by atoms with van der Waals surface area (Å²) in [5, 5.41) is 3.27. The second-order valence-electron chi connectivity index (χ2n) is 7.93. The Morgan fingerprint density at radius 1 is 1.21 bits per heavy atom. The Morgan fingerprint density at radius 3 is 2.46 bits per heavy atom. The zero-order valence-corrected chi connectivity index (χ0v) is 15.7. The zero-order chi connectivity index (χ0) is 17.5. The summed E-state index contributed by atoms with van der Waals surface area (Å²) in [6, 6.07) is 6.03. The Morgan fingerprint density at radius 2 is 1.92 bits per heavy atom. The van der Waals surface area contributed by atoms with Gasteiger partial charge in [0.25, 0.3) is 0 Å². The molecule has 1 unspecified atom stereocenters. The van der Waals surface area contributed by atoms with E-state index in [2.05, 4.69) is 42.9 Å². The van der Waals surface area contributed by atoms with E-state index in [0.29, 0.717) is 24.2 Å². The van der Waals surface area contributed by atoms with Crippen LogP contribution in [0.2, 0.25) is 0 Å². The summed E-state index contributed by atoms with van der Waals surface area (Å²) in [6.07, 6.45) is 4.65. The van der Waals surface area contributed by atoms with Crippen molar-refractivity contribution >= 4 is 5.91 Å². The lowest BCUT2D eigenvalue weighted by atomic mass is 9.86. The average molecular weight is 332 g/mol. The van der Waals surface area contributed by atoms with Crippen LogP contribution in [-0.4, -0.2) is 35.4 Å². The minimum absolute atomic E-state index is 0.0404. The molecule has 4 heteroatoms. The fourth-order valence-corrected chi connectivity index (χ4v) is 3.58. The highest BCUT2D eigenvalue weighted by Gasteiger charge is 2.29. The molecule has 1 saturated heterocycles. The number of likely N-dealkylation sites (tertiary alicyclic amines) is 1. The summed E-state index contributed by atoms with van der Waals surface area (Å²) in [6.45, 7) is 12.1. The molecule has 1 aliphatic rings. The van der Waals surface area contributed by atoms with E-state index in [1.165, 1.54) is 6.54 Å². The number of hydrogen-bond donors (Lipinski definition) is 1. The number of nitrogens with zero attached hydrogens (tertiary/aromatic N) is 2. The van der Waals surface area contributed by atoms with Crippen molar-refractivity contribution in [3.05, 3.63) is 30.1 Å². The van der Waals surface area contributed by atoms with Gasteiger partial charge in [0.2, 0.25) is 5.91 Å². The van der Waals surface area contributed by atoms with Gasteiger partial charge in [-0.3, -0.25) is 9.78 Å². The van der Waals surface area contributed by atoms with E-state index in [-0.39, 0.29) is 11.9 Å². The highest BCUT2D eigenvalue weighted by molar-refractivity contribution is 5.76. The monoisotopic (exact) mass is 331 g/mol. The van der Waals surface area contributed by atoms with Crippen LogP contribution in [0.1, 0.15) is 58.7 Å². The van der Waals surface area contributed by atoms with E-state index in [4.69, 9.17) is 0 Å². The summed E-state index contributed by atoms with van der Waals surface area (Å²) in [4.78, 5) is 19.4. The smallest absolute Gasteiger partial charge is 0.220 e. The van der Waals surface area contributed by atoms with Gasteiger partial charge in [-0.1, -0.05) is 33.8 Å². The van der Waals surface area contributed by atoms with Crippen LogP contribution in [0.5, 0.6) is 0 Å². The first-order valence-electron chi connectivity index (χ1n) is 9.38. The standard InChI is InChI=1S/C20H33N3O/c1-15(2)13-19(24)22-20(18-7-5-6-10-21-18)17-8-11-23(12-9-17)14-16(3)4/h5-7,10,15-17,20H,8-9,11-14H2,1-4H3,(H,22,24). The number of rotatable bonds is 7. The molecule has 1 N–H and O–H groups in total. The van der Waals surface area contributed by atoms with Crippen LogP contribution in [0.15, 0.2) is 24.4 Å². The molecule has 1 aromatic heterocycles. The van der Waals surface area contributed by atoms with Crippen LogP contribution in [0.4, 0.5) is 0 Å². The van der Waals surface area contributed by atoms with Crippen molar-refractivity contribution in [2.75, 3.05) is 19.6 Å². The van der Waals surface area contributed by atoms with Crippen molar-refractivity contribution in [2.45, 2.75) is 53.0 Å². The lowest BCUT2D eigenvalue weighted by molar-refractivity contribution is -0.123. The number of piperidine rings is 1. The van der Waals surface area contributed by atoms with E-state index in [1.54, 1.807) is 0 Å². The topological polar surface area (TPSA) is 45.2 Å². The SMILES string of the molecule is CC(C)CC(=O)NC(c1ccccn1)C1CCN(CC(C)C)CC1. The molecule has 0 aromatic carbocycles. The summed E-state index contributed by atoms with van der Waals surface area (Å²) in [7, 11) is 0. The van der Waals surface area contributed by atoms with Crippen LogP contribution in [0, 0.1) is 17.8 Å². The van der Waals surface area contributed by atoms with Gasteiger partial charge in [-0.05, 0) is 55.8 Å². The minimum Gasteiger partial charge on any atom is -0.347 e. The van der Waals surface area contributed by atoms with Gasteiger partial charge in [-0.15, -0.1) is 0 Å². The molecule has 1 aliphatic heterocycles. The molecule has 1 fully saturated rings. The number of amides is 1. The molecule has 0 saturated carbocycles. The van der Waals surface area contributed by atoms with Gasteiger partial charge in [-0.2, -0.15) is 0 Å². The molecule has 1 amide bonds. The molecule has 4 nitrogen and oxygen atoms in total. The van der Waals surface area contributed by atoms with E-state index >= 15 is 0 Å². The average Bonchev–Trinajstić information content (AvgIpc) is 2.53. The van der Waals surface area contributed by atoms with Crippen LogP contribution < -0.4 is 5.32 Å². The first kappa shape index (κ1) is 18.9. The van der Waals surface area contributed by atoms with Gasteiger partial charge in [0.05, 0.1) is 11.7 Å². The maximum atomic E-state index is 12.3. The van der Waals surface area contributed by atoms with Gasteiger partial charge < -0.3 is 10.2 Å². The molecule has 0 bridgehead atoms. The number of nitrogens with one attached hydrogen (secondary N) is 1. The Hall–Kier alpha value is -1.42. The van der Waals surface area contributed by atoms with Gasteiger partial charge in [0.1, 0.15) is 0 Å². The van der Waals surface area contributed by atoms with Gasteiger partial charge >= 0.3 is 0 Å². The molecular weight excluding hydrogens is 298 g/mol. The van der Waals surface area contributed by atoms with Crippen molar-refractivity contribution in [3.63, 3.8) is 0 Å². The van der Waals surface area contributed by atoms with Crippen LogP contribution in [0.3, 0.4) is 0 Å². The minimum atomic E-state index is 0.0404. The van der Waals surface area contributed by atoms with Gasteiger partial charge in [-0.25, -0.2) is 0 Å². The fraction of sp³-hybridized carbons (Fsp3) is 0.700. The fourth-order valence-electron chi connectivity index (χ4n) is 3.58. The number of carbonyl (C=O) groups is 1. The Kier molecular flexibility index (Phi) is 7.22. The van der Waals surface area contributed by atoms with Crippen molar-refractivity contribution in [2.24, 2.45) is 17.8 Å². The summed E-state index contributed by atoms with van der Waals surface area (Å²) >= 11 is 0. The second-order valence-corrected chi connectivity index (χ2v) is 7.93. The predicted octanol–water partition coefficient (Wildman–Crippen LogP) is 3.65. The highest BCUT2D eigenvalue weighted by Crippen LogP contribution is 2.30. The van der Waals surface area contributed by atoms with E-state index < -0.39 is 0 Å². The van der Waals surface area contributed by atoms with E-state index in [1.807, 2.05) is 24.4 Å². The Bertz CT molecular complexity index is 493. The van der Waals surface area contributed by atoms with Crippen molar-refractivity contribution < 1.29 is 4.79 Å². The van der Waals surface area contributed by atoms with E-state index in [0.717, 1.165) is 31.6 Å². The first-order chi connectivity index (χ1) is 11.5. The summed E-state index contributed by atoms with van der Waals surface area (Å²) in [5.41, 5.74) is 0.997. The lowest BCUT2D eigenvalue weighted by Crippen LogP contribution is -2.42. The third kappa shape index (κ3) is 5.90. The van der Waals surface area contributed by atoms with Crippen molar-refractivity contribution in [1.29, 1.82) is 0 Å². The number of hydrogen-bond acceptors (Lipinski definition) is 3. The number of carbonyl (C=O) groups excluding carboxylic acids is 1. The summed E-state index contributed by atoms with van der Waals surface area (Å²) < 4.78 is 0. The third-order valence-corrected chi connectivity index (χ3v) is 4.64. The number of aromatic nitrogens is 1. The second kappa shape index (κ2) is 9.16. The molecule has 1 atom stereocenters. The molecule has 0 spiro atoms. The van der Waals surface area contributed by atoms with Crippen LogP contribution in [-0.2, 0) is 4.79 Å². The first-order valence-corrected chi connectivity index (χ1v) is 9.38. The van der Waals surface area contributed by atoms with Crippen molar-refractivity contribution in [1.82, 2.24) is 15.2 Å². The van der Waals surface area contributed by atoms with Gasteiger partial charge in [0.15, 0.2) is 0 Å². The maximum absolute atomic E-state index is 12.3. The molecule has 134 valence electrons. The molecule has 1 aromatic rings. The molecule has 2 heterocycles. The molecule has 0 aliphatic carbocycles. The molecule has 24 heavy (non-hydrogen) atoms. The highest BCUT2D eigenvalue weighted by atomic mass is 16.1. The van der Waals surface area contributed by atoms with Gasteiger partial charge in [0, 0.05) is 19.2 Å². The lowest BCUT2D eigenvalue weighted by Gasteiger charge is -2.37. The van der Waals surface area contributed by atoms with Crippen LogP contribution >= 0.6 is 0 Å². The van der Waals surface area contributed by atoms with Crippen LogP contribution in [0.25, 0.3) is 0 Å². The molecule has 0 radical (unpaired) electrons. The third-order valence-electron chi connectivity index (χ3n) is 4.64. The Balaban J connectivity index is 2.03. The van der Waals surface area contributed by atoms with Crippen molar-refractivity contribution in [3.8, 4) is 0 Å². The normalized spacial score (nSPS) is 18.1. The largest absolute Gasteiger partial charge is 0.347 e. The number of pyridine rings is 1. The molecule has 2 rings (SSSR count). The Labute approximate surface area is 147 Å². The maximum Gasteiger partial charge on any atom is 0.220 e. The zero-order valence-electron chi connectivity index (χ0n) is 15.7. The quantitative estimate of drug-likeness (QED) is 0.829. The summed E-state index contributed by atoms with van der Waals surface area (Å²) in [5.74, 6) is 1.70.